The third kappa shape index (κ3) is 4.70. The standard InChI is InChI=1S/C14H25N5O2/c1-5-15-12-17-13(19-14(18-12)21-9(3)4)16-10-7-11(8-10)20-6-2/h9-11H,5-8H2,1-4H3,(H2,15,16,17,18,19). The van der Waals surface area contributed by atoms with Gasteiger partial charge in [0, 0.05) is 19.2 Å². The molecular formula is C14H25N5O2. The highest BCUT2D eigenvalue weighted by atomic mass is 16.5. The topological polar surface area (TPSA) is 81.2 Å². The lowest BCUT2D eigenvalue weighted by atomic mass is 9.89. The number of hydrogen-bond acceptors (Lipinski definition) is 7. The summed E-state index contributed by atoms with van der Waals surface area (Å²) >= 11 is 0. The third-order valence-corrected chi connectivity index (χ3v) is 3.12. The normalized spacial score (nSPS) is 21.0. The molecule has 1 saturated carbocycles. The molecule has 1 aliphatic carbocycles. The van der Waals surface area contributed by atoms with E-state index in [4.69, 9.17) is 9.47 Å². The van der Waals surface area contributed by atoms with Gasteiger partial charge < -0.3 is 20.1 Å². The molecule has 1 heterocycles. The Hall–Kier alpha value is -1.63. The van der Waals surface area contributed by atoms with Crippen molar-refractivity contribution in [3.05, 3.63) is 0 Å². The Labute approximate surface area is 125 Å². The number of hydrogen-bond donors (Lipinski definition) is 2. The van der Waals surface area contributed by atoms with Crippen molar-refractivity contribution >= 4 is 11.9 Å². The van der Waals surface area contributed by atoms with Crippen LogP contribution in [0.4, 0.5) is 11.9 Å². The molecule has 1 aromatic rings. The average molecular weight is 295 g/mol. The molecule has 0 atom stereocenters. The zero-order valence-corrected chi connectivity index (χ0v) is 13.2. The molecule has 118 valence electrons. The molecule has 2 N–H and O–H groups in total. The molecule has 1 aromatic heterocycles. The highest BCUT2D eigenvalue weighted by Crippen LogP contribution is 2.26. The number of rotatable bonds is 8. The highest BCUT2D eigenvalue weighted by Gasteiger charge is 2.30. The van der Waals surface area contributed by atoms with Gasteiger partial charge in [0.05, 0.1) is 12.2 Å². The maximum Gasteiger partial charge on any atom is 0.323 e. The Balaban J connectivity index is 1.99. The summed E-state index contributed by atoms with van der Waals surface area (Å²) in [5.41, 5.74) is 0. The summed E-state index contributed by atoms with van der Waals surface area (Å²) in [5.74, 6) is 1.09. The lowest BCUT2D eigenvalue weighted by Crippen LogP contribution is -2.41. The summed E-state index contributed by atoms with van der Waals surface area (Å²) in [5, 5.41) is 6.41. The molecule has 1 fully saturated rings. The predicted octanol–water partition coefficient (Wildman–Crippen LogP) is 2.07. The van der Waals surface area contributed by atoms with Crippen molar-refractivity contribution in [1.82, 2.24) is 15.0 Å². The van der Waals surface area contributed by atoms with Gasteiger partial charge in [-0.3, -0.25) is 0 Å². The SMILES string of the molecule is CCNc1nc(NC2CC(OCC)C2)nc(OC(C)C)n1. The molecule has 21 heavy (non-hydrogen) atoms. The van der Waals surface area contributed by atoms with E-state index in [0.29, 0.717) is 30.1 Å². The molecule has 7 nitrogen and oxygen atoms in total. The lowest BCUT2D eigenvalue weighted by molar-refractivity contribution is 0.00284. The molecule has 7 heteroatoms. The fraction of sp³-hybridized carbons (Fsp3) is 0.786. The van der Waals surface area contributed by atoms with E-state index in [1.54, 1.807) is 0 Å². The van der Waals surface area contributed by atoms with Crippen molar-refractivity contribution in [2.45, 2.75) is 58.8 Å². The zero-order chi connectivity index (χ0) is 15.2. The Bertz CT molecular complexity index is 449. The van der Waals surface area contributed by atoms with Crippen LogP contribution in [-0.4, -0.2) is 46.4 Å². The number of nitrogens with zero attached hydrogens (tertiary/aromatic N) is 3. The first-order valence-electron chi connectivity index (χ1n) is 7.65. The maximum atomic E-state index is 5.57. The minimum atomic E-state index is 0.0285. The van der Waals surface area contributed by atoms with Crippen LogP contribution < -0.4 is 15.4 Å². The van der Waals surface area contributed by atoms with Gasteiger partial charge in [-0.05, 0) is 40.5 Å². The lowest BCUT2D eigenvalue weighted by Gasteiger charge is -2.35. The van der Waals surface area contributed by atoms with Gasteiger partial charge in [-0.15, -0.1) is 0 Å². The van der Waals surface area contributed by atoms with Crippen molar-refractivity contribution in [2.75, 3.05) is 23.8 Å². The van der Waals surface area contributed by atoms with Crippen LogP contribution in [0.25, 0.3) is 0 Å². The summed E-state index contributed by atoms with van der Waals surface area (Å²) in [4.78, 5) is 12.9. The van der Waals surface area contributed by atoms with Crippen molar-refractivity contribution < 1.29 is 9.47 Å². The largest absolute Gasteiger partial charge is 0.461 e. The third-order valence-electron chi connectivity index (χ3n) is 3.12. The Morgan fingerprint density at radius 1 is 1.14 bits per heavy atom. The van der Waals surface area contributed by atoms with E-state index in [1.807, 2.05) is 27.7 Å². The van der Waals surface area contributed by atoms with Crippen LogP contribution in [0.2, 0.25) is 0 Å². The Morgan fingerprint density at radius 3 is 2.48 bits per heavy atom. The fourth-order valence-corrected chi connectivity index (χ4v) is 2.16. The van der Waals surface area contributed by atoms with E-state index in [9.17, 15) is 0 Å². The summed E-state index contributed by atoms with van der Waals surface area (Å²) in [6.45, 7) is 9.43. The van der Waals surface area contributed by atoms with E-state index in [1.165, 1.54) is 0 Å². The van der Waals surface area contributed by atoms with Gasteiger partial charge in [-0.25, -0.2) is 0 Å². The van der Waals surface area contributed by atoms with Gasteiger partial charge in [0.2, 0.25) is 11.9 Å². The van der Waals surface area contributed by atoms with Gasteiger partial charge >= 0.3 is 6.01 Å². The molecule has 0 saturated heterocycles. The molecule has 0 radical (unpaired) electrons. The fourth-order valence-electron chi connectivity index (χ4n) is 2.16. The zero-order valence-electron chi connectivity index (χ0n) is 13.2. The molecular weight excluding hydrogens is 270 g/mol. The predicted molar refractivity (Wildman–Crippen MR) is 81.8 cm³/mol. The van der Waals surface area contributed by atoms with Gasteiger partial charge in [-0.2, -0.15) is 15.0 Å². The smallest absolute Gasteiger partial charge is 0.323 e. The van der Waals surface area contributed by atoms with E-state index in [0.717, 1.165) is 26.0 Å². The minimum Gasteiger partial charge on any atom is -0.461 e. The van der Waals surface area contributed by atoms with E-state index in [-0.39, 0.29) is 6.10 Å². The average Bonchev–Trinajstić information content (AvgIpc) is 2.35. The molecule has 0 spiro atoms. The van der Waals surface area contributed by atoms with Gasteiger partial charge in [0.25, 0.3) is 0 Å². The van der Waals surface area contributed by atoms with Crippen LogP contribution in [0.1, 0.15) is 40.5 Å². The first-order valence-corrected chi connectivity index (χ1v) is 7.65. The van der Waals surface area contributed by atoms with Crippen LogP contribution in [0.3, 0.4) is 0 Å². The minimum absolute atomic E-state index is 0.0285. The van der Waals surface area contributed by atoms with Crippen LogP contribution >= 0.6 is 0 Å². The molecule has 0 amide bonds. The molecule has 0 bridgehead atoms. The van der Waals surface area contributed by atoms with Crippen molar-refractivity contribution in [2.24, 2.45) is 0 Å². The van der Waals surface area contributed by atoms with Gasteiger partial charge in [-0.1, -0.05) is 0 Å². The van der Waals surface area contributed by atoms with Crippen LogP contribution in [0.15, 0.2) is 0 Å². The number of anilines is 2. The van der Waals surface area contributed by atoms with Crippen molar-refractivity contribution in [3.8, 4) is 6.01 Å². The number of ether oxygens (including phenoxy) is 2. The first-order chi connectivity index (χ1) is 10.1. The van der Waals surface area contributed by atoms with Gasteiger partial charge in [0.1, 0.15) is 0 Å². The summed E-state index contributed by atoms with van der Waals surface area (Å²) in [6, 6.07) is 0.699. The second-order valence-electron chi connectivity index (χ2n) is 5.35. The van der Waals surface area contributed by atoms with E-state index >= 15 is 0 Å². The van der Waals surface area contributed by atoms with Crippen LogP contribution in [-0.2, 0) is 4.74 Å². The Kier molecular flexibility index (Phi) is 5.55. The molecule has 0 aliphatic heterocycles. The second-order valence-corrected chi connectivity index (χ2v) is 5.35. The van der Waals surface area contributed by atoms with E-state index < -0.39 is 0 Å². The monoisotopic (exact) mass is 295 g/mol. The quantitative estimate of drug-likeness (QED) is 0.759. The van der Waals surface area contributed by atoms with Crippen molar-refractivity contribution in [3.63, 3.8) is 0 Å². The number of nitrogens with one attached hydrogen (secondary N) is 2. The van der Waals surface area contributed by atoms with Crippen molar-refractivity contribution in [1.29, 1.82) is 0 Å². The summed E-state index contributed by atoms with van der Waals surface area (Å²) in [6.07, 6.45) is 2.35. The summed E-state index contributed by atoms with van der Waals surface area (Å²) < 4.78 is 11.1. The van der Waals surface area contributed by atoms with Crippen LogP contribution in [0, 0.1) is 0 Å². The maximum absolute atomic E-state index is 5.57. The van der Waals surface area contributed by atoms with E-state index in [2.05, 4.69) is 25.6 Å². The second kappa shape index (κ2) is 7.40. The van der Waals surface area contributed by atoms with Gasteiger partial charge in [0.15, 0.2) is 0 Å². The molecule has 1 aliphatic rings. The molecule has 2 rings (SSSR count). The van der Waals surface area contributed by atoms with Crippen LogP contribution in [0.5, 0.6) is 6.01 Å². The first kappa shape index (κ1) is 15.8. The number of aromatic nitrogens is 3. The molecule has 0 unspecified atom stereocenters. The molecule has 0 aromatic carbocycles. The highest BCUT2D eigenvalue weighted by molar-refractivity contribution is 5.37. The summed E-state index contributed by atoms with van der Waals surface area (Å²) in [7, 11) is 0. The Morgan fingerprint density at radius 2 is 1.86 bits per heavy atom.